The number of carbonyl (C=O) groups excluding carboxylic acids is 3. The molecule has 4 aromatic rings. The SMILES string of the molecule is C#CCN1C(=O)COc2cc(F)c(/N=c3\snc4n3CC(C)(C)C4)cc21.CC1COc2ccccc2N1C(=O)C(Cl)Cl.CCc1cccc(C)c1N(C(=O)CCl)C(C)COC. The molecule has 3 aromatic carbocycles. The molecule has 4 heterocycles. The van der Waals surface area contributed by atoms with E-state index in [1.54, 1.807) is 16.9 Å². The first-order chi connectivity index (χ1) is 29.0. The topological polar surface area (TPSA) is 119 Å². The van der Waals surface area contributed by atoms with Crippen LogP contribution in [0, 0.1) is 30.5 Å². The number of nitrogens with zero attached hydrogens (tertiary/aromatic N) is 6. The maximum Gasteiger partial charge on any atom is 0.265 e. The number of methoxy groups -OCH3 is 1. The molecule has 0 saturated heterocycles. The van der Waals surface area contributed by atoms with Crippen LogP contribution in [0.4, 0.5) is 27.1 Å². The number of rotatable bonds is 9. The molecule has 7 rings (SSSR count). The summed E-state index contributed by atoms with van der Waals surface area (Å²) in [4.78, 5) is 44.9. The minimum Gasteiger partial charge on any atom is -0.489 e. The van der Waals surface area contributed by atoms with Gasteiger partial charge in [0.15, 0.2) is 17.3 Å². The Kier molecular flexibility index (Phi) is 16.3. The molecule has 61 heavy (non-hydrogen) atoms. The quantitative estimate of drug-likeness (QED) is 0.123. The number of carbonyl (C=O) groups is 3. The van der Waals surface area contributed by atoms with Crippen molar-refractivity contribution in [3.63, 3.8) is 0 Å². The number of benzene rings is 3. The lowest BCUT2D eigenvalue weighted by molar-refractivity contribution is -0.121. The lowest BCUT2D eigenvalue weighted by atomic mass is 9.92. The molecule has 2 unspecified atom stereocenters. The van der Waals surface area contributed by atoms with Gasteiger partial charge in [-0.3, -0.25) is 19.3 Å². The molecule has 0 spiro atoms. The van der Waals surface area contributed by atoms with Crippen molar-refractivity contribution in [2.45, 2.75) is 77.8 Å². The molecule has 0 fully saturated rings. The Morgan fingerprint density at radius 2 is 1.89 bits per heavy atom. The molecule has 0 aliphatic carbocycles. The van der Waals surface area contributed by atoms with Crippen molar-refractivity contribution in [3.05, 3.63) is 82.2 Å². The van der Waals surface area contributed by atoms with Crippen molar-refractivity contribution in [1.82, 2.24) is 8.94 Å². The summed E-state index contributed by atoms with van der Waals surface area (Å²) < 4.78 is 37.0. The Balaban J connectivity index is 0.000000180. The van der Waals surface area contributed by atoms with Crippen LogP contribution in [-0.2, 0) is 38.5 Å². The maximum absolute atomic E-state index is 14.5. The van der Waals surface area contributed by atoms with E-state index in [1.807, 2.05) is 61.7 Å². The standard InChI is InChI=1S/C18H17FN4O2S.C15H22ClNO2.C11H11Cl2NO2/c1-4-5-22-13-7-12(11(19)6-14(13)25-9-16(22)24)20-17-23-10-18(2,3)8-15(23)21-26-17;1-5-13-8-6-7-11(2)15(13)17(14(18)9-16)12(3)10-19-4;1-7-6-16-9-5-3-2-4-8(9)14(7)11(15)10(12)13/h1,6-7H,5,8-10H2,2-3H3;6-8,12H,5,9-10H2,1-4H3;2-5,7,10H,6H2,1H3/b20-17-;;. The highest BCUT2D eigenvalue weighted by Crippen LogP contribution is 2.38. The molecule has 17 heteroatoms. The number of ether oxygens (including phenoxy) is 3. The van der Waals surface area contributed by atoms with E-state index in [0.29, 0.717) is 35.2 Å². The monoisotopic (exact) mass is 914 g/mol. The third-order valence-corrected chi connectivity index (χ3v) is 11.5. The third kappa shape index (κ3) is 11.1. The van der Waals surface area contributed by atoms with Crippen molar-refractivity contribution < 1.29 is 33.0 Å². The van der Waals surface area contributed by atoms with Crippen LogP contribution in [0.1, 0.15) is 51.6 Å². The van der Waals surface area contributed by atoms with Crippen molar-refractivity contribution in [1.29, 1.82) is 0 Å². The summed E-state index contributed by atoms with van der Waals surface area (Å²) in [6.45, 7) is 14.0. The molecule has 0 saturated carbocycles. The van der Waals surface area contributed by atoms with Crippen LogP contribution >= 0.6 is 46.3 Å². The normalized spacial score (nSPS) is 16.7. The highest BCUT2D eigenvalue weighted by atomic mass is 35.5. The number of aromatic nitrogens is 2. The molecule has 326 valence electrons. The zero-order chi connectivity index (χ0) is 44.6. The number of halogens is 4. The van der Waals surface area contributed by atoms with Crippen molar-refractivity contribution in [3.8, 4) is 23.8 Å². The zero-order valence-corrected chi connectivity index (χ0v) is 38.3. The van der Waals surface area contributed by atoms with E-state index in [9.17, 15) is 18.8 Å². The summed E-state index contributed by atoms with van der Waals surface area (Å²) in [6.07, 6.45) is 7.09. The molecule has 2 atom stereocenters. The van der Waals surface area contributed by atoms with Gasteiger partial charge >= 0.3 is 0 Å². The molecule has 3 aliphatic rings. The summed E-state index contributed by atoms with van der Waals surface area (Å²) in [5.41, 5.74) is 4.61. The Bertz CT molecular complexity index is 2350. The molecule has 3 aliphatic heterocycles. The second-order valence-electron chi connectivity index (χ2n) is 15.4. The van der Waals surface area contributed by atoms with Gasteiger partial charge in [0.2, 0.25) is 10.7 Å². The first kappa shape index (κ1) is 47.4. The lowest BCUT2D eigenvalue weighted by Gasteiger charge is -2.35. The molecule has 1 aromatic heterocycles. The number of para-hydroxylation sites is 3. The van der Waals surface area contributed by atoms with E-state index in [1.165, 1.54) is 28.6 Å². The second-order valence-corrected chi connectivity index (χ2v) is 17.5. The van der Waals surface area contributed by atoms with Gasteiger partial charge in [0, 0.05) is 37.7 Å². The summed E-state index contributed by atoms with van der Waals surface area (Å²) in [5.74, 6) is 3.18. The molecule has 12 nitrogen and oxygen atoms in total. The molecule has 0 radical (unpaired) electrons. The van der Waals surface area contributed by atoms with E-state index >= 15 is 0 Å². The minimum absolute atomic E-state index is 0.0223. The molecule has 0 N–H and O–H groups in total. The van der Waals surface area contributed by atoms with Crippen molar-refractivity contribution in [2.24, 2.45) is 10.4 Å². The smallest absolute Gasteiger partial charge is 0.265 e. The van der Waals surface area contributed by atoms with Crippen LogP contribution < -0.4 is 29.0 Å². The minimum atomic E-state index is -1.05. The van der Waals surface area contributed by atoms with E-state index in [4.69, 9.17) is 55.4 Å². The van der Waals surface area contributed by atoms with Gasteiger partial charge in [-0.1, -0.05) is 80.2 Å². The fraction of sp³-hybridized carbons (Fsp3) is 0.432. The Hall–Kier alpha value is -4.65. The van der Waals surface area contributed by atoms with Gasteiger partial charge in [0.05, 0.1) is 42.3 Å². The summed E-state index contributed by atoms with van der Waals surface area (Å²) in [7, 11) is 1.64. The summed E-state index contributed by atoms with van der Waals surface area (Å²) in [6, 6.07) is 16.1. The largest absolute Gasteiger partial charge is 0.489 e. The second kappa shape index (κ2) is 20.9. The predicted molar refractivity (Wildman–Crippen MR) is 240 cm³/mol. The van der Waals surface area contributed by atoms with Gasteiger partial charge in [-0.05, 0) is 61.9 Å². The molecular formula is C44H50Cl3FN6O6S. The van der Waals surface area contributed by atoms with Gasteiger partial charge in [-0.15, -0.1) is 18.0 Å². The molecular weight excluding hydrogens is 866 g/mol. The summed E-state index contributed by atoms with van der Waals surface area (Å²) in [5, 5.41) is 0. The predicted octanol–water partition coefficient (Wildman–Crippen LogP) is 8.03. The highest BCUT2D eigenvalue weighted by Gasteiger charge is 2.33. The van der Waals surface area contributed by atoms with Crippen molar-refractivity contribution in [2.75, 3.05) is 54.1 Å². The average Bonchev–Trinajstić information content (AvgIpc) is 3.74. The molecule has 0 bridgehead atoms. The van der Waals surface area contributed by atoms with Crippen LogP contribution in [0.2, 0.25) is 0 Å². The number of fused-ring (bicyclic) bond motifs is 3. The van der Waals surface area contributed by atoms with Crippen LogP contribution in [0.15, 0.2) is 59.6 Å². The van der Waals surface area contributed by atoms with E-state index in [0.717, 1.165) is 47.7 Å². The van der Waals surface area contributed by atoms with Gasteiger partial charge in [0.25, 0.3) is 11.8 Å². The summed E-state index contributed by atoms with van der Waals surface area (Å²) >= 11 is 18.3. The van der Waals surface area contributed by atoms with Crippen LogP contribution in [-0.4, -0.2) is 82.9 Å². The van der Waals surface area contributed by atoms with Crippen LogP contribution in [0.5, 0.6) is 11.5 Å². The van der Waals surface area contributed by atoms with Gasteiger partial charge in [-0.2, -0.15) is 4.37 Å². The Morgan fingerprint density at radius 1 is 1.15 bits per heavy atom. The van der Waals surface area contributed by atoms with E-state index in [-0.39, 0.29) is 59.9 Å². The highest BCUT2D eigenvalue weighted by molar-refractivity contribution is 7.02. The number of alkyl halides is 3. The van der Waals surface area contributed by atoms with E-state index < -0.39 is 10.7 Å². The molecule has 3 amide bonds. The van der Waals surface area contributed by atoms with Gasteiger partial charge in [-0.25, -0.2) is 9.38 Å². The Labute approximate surface area is 375 Å². The fourth-order valence-electron chi connectivity index (χ4n) is 7.31. The van der Waals surface area contributed by atoms with Crippen LogP contribution in [0.25, 0.3) is 0 Å². The number of anilines is 3. The number of amides is 3. The third-order valence-electron chi connectivity index (χ3n) is 10.1. The number of terminal acetylenes is 1. The zero-order valence-electron chi connectivity index (χ0n) is 35.2. The fourth-order valence-corrected chi connectivity index (χ4v) is 8.41. The number of aryl methyl sites for hydroxylation is 2. The first-order valence-corrected chi connectivity index (χ1v) is 21.8. The maximum atomic E-state index is 14.5. The number of hydrogen-bond donors (Lipinski definition) is 0. The van der Waals surface area contributed by atoms with E-state index in [2.05, 4.69) is 42.1 Å². The van der Waals surface area contributed by atoms with Gasteiger partial charge < -0.3 is 28.6 Å². The first-order valence-electron chi connectivity index (χ1n) is 19.6. The Morgan fingerprint density at radius 3 is 2.56 bits per heavy atom. The van der Waals surface area contributed by atoms with Crippen LogP contribution in [0.3, 0.4) is 0 Å². The lowest BCUT2D eigenvalue weighted by Crippen LogP contribution is -2.47. The van der Waals surface area contributed by atoms with Gasteiger partial charge in [0.1, 0.15) is 35.5 Å². The average molecular weight is 916 g/mol. The van der Waals surface area contributed by atoms with Crippen molar-refractivity contribution >= 4 is 86.8 Å². The number of hydrogen-bond acceptors (Lipinski definition) is 9.